The molecule has 13 heavy (non-hydrogen) atoms. The van der Waals surface area contributed by atoms with E-state index in [2.05, 4.69) is 0 Å². The number of hydrogen-bond donors (Lipinski definition) is 0. The molecule has 0 spiro atoms. The minimum Gasteiger partial charge on any atom is -0.310 e. The van der Waals surface area contributed by atoms with E-state index in [-0.39, 0.29) is 0 Å². The smallest absolute Gasteiger partial charge is 0.310 e. The highest BCUT2D eigenvalue weighted by atomic mass is 19.1. The molecule has 0 aromatic heterocycles. The van der Waals surface area contributed by atoms with Gasteiger partial charge in [0, 0.05) is 13.1 Å². The molecule has 1 heterocycles. The van der Waals surface area contributed by atoms with E-state index in [0.29, 0.717) is 13.1 Å². The predicted octanol–water partition coefficient (Wildman–Crippen LogP) is 2.13. The number of nitrogens with zero attached hydrogens (tertiary/aromatic N) is 1. The quantitative estimate of drug-likeness (QED) is 0.441. The Morgan fingerprint density at radius 3 is 2.69 bits per heavy atom. The van der Waals surface area contributed by atoms with E-state index in [1.807, 2.05) is 24.3 Å². The number of carbonyl (C=O) groups is 1. The van der Waals surface area contributed by atoms with Gasteiger partial charge in [0.2, 0.25) is 0 Å². The van der Waals surface area contributed by atoms with E-state index in [1.54, 1.807) is 0 Å². The van der Waals surface area contributed by atoms with Gasteiger partial charge < -0.3 is 4.90 Å². The first kappa shape index (κ1) is 8.23. The van der Waals surface area contributed by atoms with Gasteiger partial charge in [0.25, 0.3) is 0 Å². The van der Waals surface area contributed by atoms with Crippen molar-refractivity contribution in [1.29, 1.82) is 0 Å². The highest BCUT2D eigenvalue weighted by Crippen LogP contribution is 2.18. The van der Waals surface area contributed by atoms with Crippen molar-refractivity contribution >= 4 is 6.16 Å². The van der Waals surface area contributed by atoms with E-state index in [0.717, 1.165) is 12.0 Å². The van der Waals surface area contributed by atoms with Crippen molar-refractivity contribution in [3.05, 3.63) is 35.4 Å². The zero-order valence-electron chi connectivity index (χ0n) is 7.16. The molecule has 1 aromatic rings. The third kappa shape index (κ3) is 1.54. The first-order chi connectivity index (χ1) is 6.27. The van der Waals surface area contributed by atoms with E-state index in [1.165, 1.54) is 10.5 Å². The van der Waals surface area contributed by atoms with Crippen molar-refractivity contribution in [2.45, 2.75) is 13.0 Å². The van der Waals surface area contributed by atoms with Crippen molar-refractivity contribution in [3.63, 3.8) is 0 Å². The summed E-state index contributed by atoms with van der Waals surface area (Å²) in [4.78, 5) is 11.7. The van der Waals surface area contributed by atoms with Gasteiger partial charge in [-0.05, 0) is 17.5 Å². The molecule has 3 heteroatoms. The molecule has 0 bridgehead atoms. The molecule has 1 amide bonds. The van der Waals surface area contributed by atoms with Crippen molar-refractivity contribution < 1.29 is 9.18 Å². The molecule has 68 valence electrons. The monoisotopic (exact) mass is 179 g/mol. The zero-order valence-corrected chi connectivity index (χ0v) is 7.16. The summed E-state index contributed by atoms with van der Waals surface area (Å²) in [5, 5.41) is 0. The normalized spacial score (nSPS) is 15.3. The van der Waals surface area contributed by atoms with Gasteiger partial charge in [0.1, 0.15) is 0 Å². The molecule has 2 nitrogen and oxygen atoms in total. The molecule has 0 saturated carbocycles. The van der Waals surface area contributed by atoms with Crippen LogP contribution in [-0.4, -0.2) is 17.6 Å². The van der Waals surface area contributed by atoms with Gasteiger partial charge in [-0.1, -0.05) is 24.3 Å². The number of amides is 1. The van der Waals surface area contributed by atoms with Gasteiger partial charge in [0.05, 0.1) is 0 Å². The van der Waals surface area contributed by atoms with Gasteiger partial charge in [-0.3, -0.25) is 0 Å². The summed E-state index contributed by atoms with van der Waals surface area (Å²) in [6.07, 6.45) is -0.569. The fraction of sp³-hybridized carbons (Fsp3) is 0.300. The maximum absolute atomic E-state index is 12.4. The van der Waals surface area contributed by atoms with Gasteiger partial charge in [-0.25, -0.2) is 4.79 Å². The maximum Gasteiger partial charge on any atom is 0.400 e. The summed E-state index contributed by atoms with van der Waals surface area (Å²) in [7, 11) is 0. The number of rotatable bonds is 0. The van der Waals surface area contributed by atoms with Crippen LogP contribution < -0.4 is 0 Å². The van der Waals surface area contributed by atoms with Crippen molar-refractivity contribution in [3.8, 4) is 0 Å². The van der Waals surface area contributed by atoms with Crippen LogP contribution in [0.3, 0.4) is 0 Å². The Morgan fingerprint density at radius 1 is 1.31 bits per heavy atom. The standard InChI is InChI=1S/C10H10FNO/c11-10(13)12-6-5-8-3-1-2-4-9(8)7-12/h1-4H,5-7H2. The van der Waals surface area contributed by atoms with Crippen LogP contribution in [0.5, 0.6) is 0 Å². The Balaban J connectivity index is 2.24. The summed E-state index contributed by atoms with van der Waals surface area (Å²) in [6, 6.07) is 7.83. The fourth-order valence-corrected chi connectivity index (χ4v) is 1.65. The van der Waals surface area contributed by atoms with Crippen LogP contribution >= 0.6 is 0 Å². The fourth-order valence-electron chi connectivity index (χ4n) is 1.65. The van der Waals surface area contributed by atoms with Gasteiger partial charge in [-0.15, -0.1) is 4.39 Å². The average Bonchev–Trinajstić information content (AvgIpc) is 2.17. The van der Waals surface area contributed by atoms with E-state index < -0.39 is 6.16 Å². The van der Waals surface area contributed by atoms with Crippen molar-refractivity contribution in [1.82, 2.24) is 4.90 Å². The summed E-state index contributed by atoms with van der Waals surface area (Å²) < 4.78 is 12.4. The molecular weight excluding hydrogens is 169 g/mol. The Morgan fingerprint density at radius 2 is 2.00 bits per heavy atom. The van der Waals surface area contributed by atoms with E-state index in [9.17, 15) is 9.18 Å². The molecule has 0 fully saturated rings. The molecule has 2 rings (SSSR count). The number of hydrogen-bond acceptors (Lipinski definition) is 1. The molecule has 1 aliphatic rings. The van der Waals surface area contributed by atoms with Crippen molar-refractivity contribution in [2.75, 3.05) is 6.54 Å². The summed E-state index contributed by atoms with van der Waals surface area (Å²) in [5.74, 6) is 0. The lowest BCUT2D eigenvalue weighted by molar-refractivity contribution is 0.169. The molecular formula is C10H10FNO. The van der Waals surface area contributed by atoms with Crippen LogP contribution in [-0.2, 0) is 13.0 Å². The predicted molar refractivity (Wildman–Crippen MR) is 47.1 cm³/mol. The second-order valence-electron chi connectivity index (χ2n) is 3.19. The average molecular weight is 179 g/mol. The number of halogens is 1. The van der Waals surface area contributed by atoms with Crippen LogP contribution in [0.2, 0.25) is 0 Å². The lowest BCUT2D eigenvalue weighted by Crippen LogP contribution is -2.32. The third-order valence-corrected chi connectivity index (χ3v) is 2.38. The Labute approximate surface area is 76.0 Å². The largest absolute Gasteiger partial charge is 0.400 e. The zero-order chi connectivity index (χ0) is 9.26. The van der Waals surface area contributed by atoms with Gasteiger partial charge in [-0.2, -0.15) is 0 Å². The van der Waals surface area contributed by atoms with Crippen LogP contribution in [0, 0.1) is 0 Å². The van der Waals surface area contributed by atoms with Gasteiger partial charge in [0.15, 0.2) is 0 Å². The summed E-state index contributed by atoms with van der Waals surface area (Å²) in [5.41, 5.74) is 2.28. The third-order valence-electron chi connectivity index (χ3n) is 2.38. The number of benzene rings is 1. The molecule has 1 aromatic carbocycles. The Hall–Kier alpha value is -1.38. The first-order valence-electron chi connectivity index (χ1n) is 4.28. The minimum atomic E-state index is -1.32. The first-order valence-corrected chi connectivity index (χ1v) is 4.28. The van der Waals surface area contributed by atoms with Crippen LogP contribution in [0.4, 0.5) is 9.18 Å². The van der Waals surface area contributed by atoms with Crippen LogP contribution in [0.1, 0.15) is 11.1 Å². The Kier molecular flexibility index (Phi) is 2.00. The minimum absolute atomic E-state index is 0.408. The summed E-state index contributed by atoms with van der Waals surface area (Å²) >= 11 is 0. The molecule has 0 radical (unpaired) electrons. The Bertz CT molecular complexity index is 337. The molecule has 0 saturated heterocycles. The lowest BCUT2D eigenvalue weighted by Gasteiger charge is -2.25. The topological polar surface area (TPSA) is 20.3 Å². The highest BCUT2D eigenvalue weighted by Gasteiger charge is 2.19. The number of carbonyl (C=O) groups excluding carboxylic acids is 1. The van der Waals surface area contributed by atoms with E-state index >= 15 is 0 Å². The van der Waals surface area contributed by atoms with Gasteiger partial charge >= 0.3 is 6.16 Å². The number of fused-ring (bicyclic) bond motifs is 1. The lowest BCUT2D eigenvalue weighted by atomic mass is 10.0. The SMILES string of the molecule is O=C(F)N1CCc2ccccc2C1. The molecule has 0 atom stereocenters. The van der Waals surface area contributed by atoms with E-state index in [4.69, 9.17) is 0 Å². The second kappa shape index (κ2) is 3.17. The van der Waals surface area contributed by atoms with Crippen LogP contribution in [0.25, 0.3) is 0 Å². The van der Waals surface area contributed by atoms with Crippen LogP contribution in [0.15, 0.2) is 24.3 Å². The molecule has 0 N–H and O–H groups in total. The summed E-state index contributed by atoms with van der Waals surface area (Å²) in [6.45, 7) is 0.901. The maximum atomic E-state index is 12.4. The van der Waals surface area contributed by atoms with Crippen molar-refractivity contribution in [2.24, 2.45) is 0 Å². The molecule has 1 aliphatic heterocycles. The second-order valence-corrected chi connectivity index (χ2v) is 3.19. The highest BCUT2D eigenvalue weighted by molar-refractivity contribution is 5.66. The molecule has 0 unspecified atom stereocenters. The molecule has 0 aliphatic carbocycles.